The van der Waals surface area contributed by atoms with E-state index in [4.69, 9.17) is 4.74 Å². The fourth-order valence-electron chi connectivity index (χ4n) is 1.23. The fourth-order valence-corrected chi connectivity index (χ4v) is 1.23. The van der Waals surface area contributed by atoms with E-state index in [-0.39, 0.29) is 11.4 Å². The van der Waals surface area contributed by atoms with Gasteiger partial charge in [0.25, 0.3) is 0 Å². The van der Waals surface area contributed by atoms with Gasteiger partial charge in [0.1, 0.15) is 0 Å². The summed E-state index contributed by atoms with van der Waals surface area (Å²) in [5, 5.41) is 2.94. The van der Waals surface area contributed by atoms with Crippen LogP contribution in [0.5, 0.6) is 0 Å². The summed E-state index contributed by atoms with van der Waals surface area (Å²) in [6, 6.07) is 0. The summed E-state index contributed by atoms with van der Waals surface area (Å²) < 4.78 is 4.98. The Balaban J connectivity index is 3.91. The molecule has 90 valence electrons. The van der Waals surface area contributed by atoms with E-state index in [1.54, 1.807) is 7.11 Å². The summed E-state index contributed by atoms with van der Waals surface area (Å²) in [5.41, 5.74) is -0.155. The topological polar surface area (TPSA) is 41.6 Å². The van der Waals surface area contributed by atoms with Gasteiger partial charge in [-0.15, -0.1) is 0 Å². The van der Waals surface area contributed by atoms with Crippen LogP contribution in [-0.2, 0) is 9.53 Å². The summed E-state index contributed by atoms with van der Waals surface area (Å²) in [6.07, 6.45) is 0. The molecule has 0 saturated heterocycles. The molecule has 1 amide bonds. The van der Waals surface area contributed by atoms with Gasteiger partial charge in [-0.05, 0) is 27.3 Å². The number of carbonyl (C=O) groups excluding carboxylic acids is 1. The Labute approximate surface area is 93.0 Å². The fraction of sp³-hybridized carbons (Fsp3) is 0.909. The van der Waals surface area contributed by atoms with Gasteiger partial charge in [0.15, 0.2) is 0 Å². The molecule has 0 aliphatic rings. The summed E-state index contributed by atoms with van der Waals surface area (Å²) in [5.74, 6) is 0.0699. The number of nitrogens with one attached hydrogen (secondary N) is 1. The second-order valence-corrected chi connectivity index (χ2v) is 4.66. The largest absolute Gasteiger partial charge is 0.383 e. The Morgan fingerprint density at radius 2 is 2.00 bits per heavy atom. The van der Waals surface area contributed by atoms with Crippen molar-refractivity contribution in [1.29, 1.82) is 0 Å². The molecule has 0 fully saturated rings. The van der Waals surface area contributed by atoms with E-state index in [2.05, 4.69) is 10.2 Å². The second kappa shape index (κ2) is 6.80. The Morgan fingerprint density at radius 1 is 1.40 bits per heavy atom. The van der Waals surface area contributed by atoms with Crippen molar-refractivity contribution >= 4 is 5.91 Å². The maximum Gasteiger partial charge on any atom is 0.234 e. The van der Waals surface area contributed by atoms with Gasteiger partial charge in [-0.3, -0.25) is 9.69 Å². The molecule has 1 N–H and O–H groups in total. The molecule has 0 aliphatic carbocycles. The van der Waals surface area contributed by atoms with Crippen molar-refractivity contribution in [3.63, 3.8) is 0 Å². The SMILES string of the molecule is CCN(CCOC)CC(=O)NC(C)(C)C. The highest BCUT2D eigenvalue weighted by Gasteiger charge is 2.15. The molecule has 0 radical (unpaired) electrons. The second-order valence-electron chi connectivity index (χ2n) is 4.66. The minimum Gasteiger partial charge on any atom is -0.383 e. The molecule has 0 rings (SSSR count). The molecule has 0 spiro atoms. The van der Waals surface area contributed by atoms with Gasteiger partial charge in [-0.2, -0.15) is 0 Å². The van der Waals surface area contributed by atoms with E-state index in [0.29, 0.717) is 13.2 Å². The molecular formula is C11H24N2O2. The number of amides is 1. The standard InChI is InChI=1S/C11H24N2O2/c1-6-13(7-8-15-5)9-10(14)12-11(2,3)4/h6-9H2,1-5H3,(H,12,14). The quantitative estimate of drug-likeness (QED) is 0.716. The third-order valence-corrected chi connectivity index (χ3v) is 1.94. The molecule has 0 saturated carbocycles. The zero-order valence-electron chi connectivity index (χ0n) is 10.6. The number of ether oxygens (including phenoxy) is 1. The minimum absolute atomic E-state index is 0.0699. The monoisotopic (exact) mass is 216 g/mol. The molecular weight excluding hydrogens is 192 g/mol. The number of rotatable bonds is 6. The van der Waals surface area contributed by atoms with Gasteiger partial charge < -0.3 is 10.1 Å². The van der Waals surface area contributed by atoms with Crippen LogP contribution in [0, 0.1) is 0 Å². The zero-order valence-corrected chi connectivity index (χ0v) is 10.6. The Kier molecular flexibility index (Phi) is 6.52. The van der Waals surface area contributed by atoms with E-state index in [0.717, 1.165) is 13.1 Å². The van der Waals surface area contributed by atoms with Crippen LogP contribution in [0.2, 0.25) is 0 Å². The van der Waals surface area contributed by atoms with Gasteiger partial charge in [0, 0.05) is 19.2 Å². The molecule has 0 aliphatic heterocycles. The lowest BCUT2D eigenvalue weighted by molar-refractivity contribution is -0.123. The lowest BCUT2D eigenvalue weighted by Gasteiger charge is -2.24. The Morgan fingerprint density at radius 3 is 2.40 bits per heavy atom. The Bertz CT molecular complexity index is 188. The third kappa shape index (κ3) is 8.39. The highest BCUT2D eigenvalue weighted by atomic mass is 16.5. The Hall–Kier alpha value is -0.610. The molecule has 0 aromatic heterocycles. The van der Waals surface area contributed by atoms with Gasteiger partial charge in [-0.25, -0.2) is 0 Å². The van der Waals surface area contributed by atoms with E-state index in [1.807, 2.05) is 27.7 Å². The number of methoxy groups -OCH3 is 1. The van der Waals surface area contributed by atoms with Crippen molar-refractivity contribution in [2.24, 2.45) is 0 Å². The summed E-state index contributed by atoms with van der Waals surface area (Å²) >= 11 is 0. The predicted octanol–water partition coefficient (Wildman–Crippen LogP) is 0.869. The number of hydrogen-bond acceptors (Lipinski definition) is 3. The molecule has 4 heteroatoms. The maximum atomic E-state index is 11.6. The number of likely N-dealkylation sites (N-methyl/N-ethyl adjacent to an activating group) is 1. The van der Waals surface area contributed by atoms with Gasteiger partial charge in [0.05, 0.1) is 13.2 Å². The number of nitrogens with zero attached hydrogens (tertiary/aromatic N) is 1. The molecule has 0 bridgehead atoms. The average Bonchev–Trinajstić information content (AvgIpc) is 2.09. The minimum atomic E-state index is -0.155. The normalized spacial score (nSPS) is 11.9. The van der Waals surface area contributed by atoms with Crippen molar-refractivity contribution in [2.45, 2.75) is 33.2 Å². The van der Waals surface area contributed by atoms with Crippen molar-refractivity contribution in [1.82, 2.24) is 10.2 Å². The molecule has 0 aromatic rings. The summed E-state index contributed by atoms with van der Waals surface area (Å²) in [4.78, 5) is 13.7. The van der Waals surface area contributed by atoms with Crippen LogP contribution in [-0.4, -0.2) is 49.7 Å². The maximum absolute atomic E-state index is 11.6. The lowest BCUT2D eigenvalue weighted by Crippen LogP contribution is -2.46. The van der Waals surface area contributed by atoms with E-state index < -0.39 is 0 Å². The highest BCUT2D eigenvalue weighted by Crippen LogP contribution is 1.98. The lowest BCUT2D eigenvalue weighted by atomic mass is 10.1. The van der Waals surface area contributed by atoms with Crippen LogP contribution in [0.15, 0.2) is 0 Å². The number of carbonyl (C=O) groups is 1. The smallest absolute Gasteiger partial charge is 0.234 e. The zero-order chi connectivity index (χ0) is 11.9. The van der Waals surface area contributed by atoms with Crippen LogP contribution in [0.4, 0.5) is 0 Å². The van der Waals surface area contributed by atoms with Crippen LogP contribution in [0.25, 0.3) is 0 Å². The van der Waals surface area contributed by atoms with E-state index in [9.17, 15) is 4.79 Å². The molecule has 0 heterocycles. The molecule has 0 aromatic carbocycles. The van der Waals surface area contributed by atoms with E-state index >= 15 is 0 Å². The van der Waals surface area contributed by atoms with E-state index in [1.165, 1.54) is 0 Å². The first-order valence-electron chi connectivity index (χ1n) is 5.41. The highest BCUT2D eigenvalue weighted by molar-refractivity contribution is 5.78. The van der Waals surface area contributed by atoms with Crippen LogP contribution in [0.1, 0.15) is 27.7 Å². The average molecular weight is 216 g/mol. The summed E-state index contributed by atoms with van der Waals surface area (Å²) in [7, 11) is 1.67. The molecule has 4 nitrogen and oxygen atoms in total. The predicted molar refractivity (Wildman–Crippen MR) is 61.9 cm³/mol. The first kappa shape index (κ1) is 14.4. The molecule has 0 atom stereocenters. The van der Waals surface area contributed by atoms with Crippen molar-refractivity contribution in [3.05, 3.63) is 0 Å². The molecule has 0 unspecified atom stereocenters. The van der Waals surface area contributed by atoms with Crippen LogP contribution >= 0.6 is 0 Å². The third-order valence-electron chi connectivity index (χ3n) is 1.94. The van der Waals surface area contributed by atoms with Crippen LogP contribution in [0.3, 0.4) is 0 Å². The first-order chi connectivity index (χ1) is 6.89. The van der Waals surface area contributed by atoms with Crippen molar-refractivity contribution in [3.8, 4) is 0 Å². The van der Waals surface area contributed by atoms with Gasteiger partial charge >= 0.3 is 0 Å². The first-order valence-corrected chi connectivity index (χ1v) is 5.41. The summed E-state index contributed by atoms with van der Waals surface area (Å²) in [6.45, 7) is 10.8. The van der Waals surface area contributed by atoms with Crippen molar-refractivity contribution < 1.29 is 9.53 Å². The van der Waals surface area contributed by atoms with Crippen LogP contribution < -0.4 is 5.32 Å². The van der Waals surface area contributed by atoms with Gasteiger partial charge in [-0.1, -0.05) is 6.92 Å². The van der Waals surface area contributed by atoms with Gasteiger partial charge in [0.2, 0.25) is 5.91 Å². The van der Waals surface area contributed by atoms with Crippen molar-refractivity contribution in [2.75, 3.05) is 33.4 Å². The molecule has 15 heavy (non-hydrogen) atoms. The number of hydrogen-bond donors (Lipinski definition) is 1.